The van der Waals surface area contributed by atoms with E-state index < -0.39 is 10.2 Å². The van der Waals surface area contributed by atoms with E-state index in [0.29, 0.717) is 35.7 Å². The smallest absolute Gasteiger partial charge is 0.344 e. The van der Waals surface area contributed by atoms with Crippen molar-refractivity contribution in [2.75, 3.05) is 17.8 Å². The molecule has 9 nitrogen and oxygen atoms in total. The Hall–Kier alpha value is -3.14. The zero-order chi connectivity index (χ0) is 21.8. The number of carbonyl (C=O) groups excluding carboxylic acids is 1. The highest BCUT2D eigenvalue weighted by atomic mass is 32.2. The normalized spacial score (nSPS) is 25.9. The molecule has 1 unspecified atom stereocenters. The highest BCUT2D eigenvalue weighted by molar-refractivity contribution is 7.91. The van der Waals surface area contributed by atoms with Crippen LogP contribution in [0.25, 0.3) is 0 Å². The van der Waals surface area contributed by atoms with Crippen LogP contribution in [-0.4, -0.2) is 49.2 Å². The molecule has 1 aromatic heterocycles. The molecule has 1 spiro atoms. The zero-order valence-corrected chi connectivity index (χ0v) is 17.9. The molecule has 0 radical (unpaired) electrons. The van der Waals surface area contributed by atoms with Gasteiger partial charge in [0.2, 0.25) is 0 Å². The van der Waals surface area contributed by atoms with Crippen LogP contribution in [0, 0.1) is 12.3 Å². The van der Waals surface area contributed by atoms with Crippen LogP contribution in [0.2, 0.25) is 0 Å². The number of nitrogens with zero attached hydrogens (tertiary/aromatic N) is 3. The Morgan fingerprint density at radius 3 is 2.97 bits per heavy atom. The van der Waals surface area contributed by atoms with Gasteiger partial charge in [-0.05, 0) is 50.5 Å². The highest BCUT2D eigenvalue weighted by Crippen LogP contribution is 2.55. The van der Waals surface area contributed by atoms with E-state index in [0.717, 1.165) is 25.0 Å². The van der Waals surface area contributed by atoms with Crippen molar-refractivity contribution in [1.29, 1.82) is 0 Å². The number of likely N-dealkylation sites (tertiary alicyclic amines) is 1. The number of anilines is 1. The minimum Gasteiger partial charge on any atom is -0.489 e. The van der Waals surface area contributed by atoms with Crippen molar-refractivity contribution in [1.82, 2.24) is 9.88 Å². The number of rotatable bonds is 3. The fourth-order valence-corrected chi connectivity index (χ4v) is 5.43. The fraction of sp³-hybridized carbons (Fsp3) is 0.381. The van der Waals surface area contributed by atoms with Gasteiger partial charge in [0.05, 0.1) is 16.8 Å². The van der Waals surface area contributed by atoms with Gasteiger partial charge in [-0.25, -0.2) is 0 Å². The van der Waals surface area contributed by atoms with E-state index in [4.69, 9.17) is 10.5 Å². The maximum atomic E-state index is 13.0. The number of ether oxygens (including phenoxy) is 1. The lowest BCUT2D eigenvalue weighted by atomic mass is 9.93. The van der Waals surface area contributed by atoms with Crippen molar-refractivity contribution in [3.05, 3.63) is 53.3 Å². The molecule has 31 heavy (non-hydrogen) atoms. The minimum atomic E-state index is -3.84. The van der Waals surface area contributed by atoms with Gasteiger partial charge in [-0.2, -0.15) is 8.42 Å². The van der Waals surface area contributed by atoms with Gasteiger partial charge >= 0.3 is 10.2 Å². The number of hydrogen-bond acceptors (Lipinski definition) is 6. The number of fused-ring (bicyclic) bond motifs is 1. The largest absolute Gasteiger partial charge is 0.489 e. The topological polar surface area (TPSA) is 127 Å². The summed E-state index contributed by atoms with van der Waals surface area (Å²) in [5.41, 5.74) is 7.98. The first-order valence-electron chi connectivity index (χ1n) is 10.2. The van der Waals surface area contributed by atoms with Gasteiger partial charge in [0, 0.05) is 30.4 Å². The van der Waals surface area contributed by atoms with Gasteiger partial charge < -0.3 is 15.4 Å². The number of piperidine rings is 1. The van der Waals surface area contributed by atoms with Gasteiger partial charge in [0.15, 0.2) is 5.84 Å². The number of aromatic nitrogens is 1. The summed E-state index contributed by atoms with van der Waals surface area (Å²) in [5.74, 6) is 0.402. The molecule has 2 atom stereocenters. The minimum absolute atomic E-state index is 0.00167. The van der Waals surface area contributed by atoms with E-state index in [9.17, 15) is 13.2 Å². The van der Waals surface area contributed by atoms with Crippen LogP contribution < -0.4 is 15.2 Å². The van der Waals surface area contributed by atoms with E-state index in [1.54, 1.807) is 30.5 Å². The second-order valence-electron chi connectivity index (χ2n) is 8.37. The number of hydrogen-bond donors (Lipinski definition) is 2. The summed E-state index contributed by atoms with van der Waals surface area (Å²) in [4.78, 5) is 19.2. The van der Waals surface area contributed by atoms with Crippen LogP contribution in [-0.2, 0) is 10.2 Å². The van der Waals surface area contributed by atoms with Crippen LogP contribution in [0.1, 0.15) is 40.9 Å². The first-order valence-corrected chi connectivity index (χ1v) is 11.6. The molecule has 3 heterocycles. The Morgan fingerprint density at radius 2 is 2.16 bits per heavy atom. The molecule has 162 valence electrons. The summed E-state index contributed by atoms with van der Waals surface area (Å²) in [6.07, 6.45) is 4.32. The predicted molar refractivity (Wildman–Crippen MR) is 115 cm³/mol. The molecule has 1 saturated heterocycles. The summed E-state index contributed by atoms with van der Waals surface area (Å²) in [6.45, 7) is 3.18. The number of amides is 1. The molecule has 3 N–H and O–H groups in total. The van der Waals surface area contributed by atoms with Crippen molar-refractivity contribution < 1.29 is 17.9 Å². The van der Waals surface area contributed by atoms with Gasteiger partial charge in [-0.15, -0.1) is 4.40 Å². The second-order valence-corrected chi connectivity index (χ2v) is 9.71. The van der Waals surface area contributed by atoms with Crippen LogP contribution >= 0.6 is 0 Å². The first-order chi connectivity index (χ1) is 14.8. The van der Waals surface area contributed by atoms with E-state index in [2.05, 4.69) is 14.1 Å². The zero-order valence-electron chi connectivity index (χ0n) is 17.0. The molecule has 2 aromatic rings. The lowest BCUT2D eigenvalue weighted by molar-refractivity contribution is 0.0612. The number of aryl methyl sites for hydroxylation is 1. The van der Waals surface area contributed by atoms with Crippen LogP contribution in [0.4, 0.5) is 5.69 Å². The van der Waals surface area contributed by atoms with Gasteiger partial charge in [0.1, 0.15) is 11.9 Å². The maximum Gasteiger partial charge on any atom is 0.344 e. The molecule has 2 fully saturated rings. The third kappa shape index (κ3) is 3.50. The Labute approximate surface area is 180 Å². The van der Waals surface area contributed by atoms with Crippen molar-refractivity contribution in [2.24, 2.45) is 15.5 Å². The number of nitrogens with one attached hydrogen (secondary N) is 1. The number of amidine groups is 1. The van der Waals surface area contributed by atoms with Gasteiger partial charge in [0.25, 0.3) is 5.91 Å². The molecule has 1 saturated carbocycles. The van der Waals surface area contributed by atoms with Gasteiger partial charge in [-0.1, -0.05) is 6.07 Å². The monoisotopic (exact) mass is 441 g/mol. The standard InChI is InChI=1S/C21H23N5O4S/c1-13-14(5-3-9-23-13)20(27)26-10-4-8-21(12-26)11-17(21)30-16-7-2-6-15-18(16)19(22)25-31(28,29)24-15/h2-3,5-7,9,17,24H,4,8,10-12H2,1H3,(H2,22,25)/t17-,21?/m1/s1. The molecule has 1 aliphatic carbocycles. The quantitative estimate of drug-likeness (QED) is 0.748. The van der Waals surface area contributed by atoms with Crippen molar-refractivity contribution in [2.45, 2.75) is 32.3 Å². The van der Waals surface area contributed by atoms with E-state index in [-0.39, 0.29) is 23.3 Å². The predicted octanol–water partition coefficient (Wildman–Crippen LogP) is 1.84. The summed E-state index contributed by atoms with van der Waals surface area (Å²) < 4.78 is 35.8. The second kappa shape index (κ2) is 6.94. The fourth-order valence-electron chi connectivity index (χ4n) is 4.59. The molecular formula is C21H23N5O4S. The van der Waals surface area contributed by atoms with Crippen LogP contribution in [0.5, 0.6) is 5.75 Å². The van der Waals surface area contributed by atoms with Crippen molar-refractivity contribution in [3.63, 3.8) is 0 Å². The van der Waals surface area contributed by atoms with Crippen molar-refractivity contribution in [3.8, 4) is 5.75 Å². The summed E-state index contributed by atoms with van der Waals surface area (Å²) in [5, 5.41) is 0. The van der Waals surface area contributed by atoms with E-state index in [1.807, 2.05) is 17.9 Å². The first kappa shape index (κ1) is 19.8. The number of benzene rings is 1. The average molecular weight is 442 g/mol. The summed E-state index contributed by atoms with van der Waals surface area (Å²) >= 11 is 0. The van der Waals surface area contributed by atoms with Crippen molar-refractivity contribution >= 4 is 27.6 Å². The Morgan fingerprint density at radius 1 is 1.32 bits per heavy atom. The molecular weight excluding hydrogens is 418 g/mol. The maximum absolute atomic E-state index is 13.0. The molecule has 1 amide bonds. The average Bonchev–Trinajstić information content (AvgIpc) is 3.36. The van der Waals surface area contributed by atoms with E-state index >= 15 is 0 Å². The summed E-state index contributed by atoms with van der Waals surface area (Å²) in [6, 6.07) is 8.69. The lowest BCUT2D eigenvalue weighted by Gasteiger charge is -2.34. The third-order valence-electron chi connectivity index (χ3n) is 6.26. The van der Waals surface area contributed by atoms with E-state index in [1.165, 1.54) is 0 Å². The molecule has 5 rings (SSSR count). The number of carbonyl (C=O) groups is 1. The molecule has 0 bridgehead atoms. The van der Waals surface area contributed by atoms with Gasteiger partial charge in [-0.3, -0.25) is 14.5 Å². The Balaban J connectivity index is 1.34. The molecule has 1 aromatic carbocycles. The van der Waals surface area contributed by atoms with Crippen LogP contribution in [0.3, 0.4) is 0 Å². The molecule has 10 heteroatoms. The SMILES string of the molecule is Cc1ncccc1C(=O)N1CCCC2(C[C@H]2Oc2cccc3c2C(N)=NS(=O)(=O)N3)C1. The number of nitrogens with two attached hydrogens (primary N) is 1. The van der Waals surface area contributed by atoms with Crippen LogP contribution in [0.15, 0.2) is 40.9 Å². The Kier molecular flexibility index (Phi) is 4.44. The number of pyridine rings is 1. The highest BCUT2D eigenvalue weighted by Gasteiger charge is 2.58. The lowest BCUT2D eigenvalue weighted by Crippen LogP contribution is -2.42. The molecule has 3 aliphatic rings. The Bertz CT molecular complexity index is 1210. The summed E-state index contributed by atoms with van der Waals surface area (Å²) in [7, 11) is -3.84. The molecule has 2 aliphatic heterocycles. The third-order valence-corrected chi connectivity index (χ3v) is 7.17.